The molecule has 0 fully saturated rings. The number of alkyl halides is 2. The molecule has 0 saturated heterocycles. The molecule has 0 aliphatic heterocycles. The highest BCUT2D eigenvalue weighted by Gasteiger charge is 2.32. The zero-order valence-electron chi connectivity index (χ0n) is 8.72. The molecule has 1 unspecified atom stereocenters. The van der Waals surface area contributed by atoms with Crippen LogP contribution in [0, 0.1) is 0 Å². The number of rotatable bonds is 7. The summed E-state index contributed by atoms with van der Waals surface area (Å²) in [5.74, 6) is 0.0104. The van der Waals surface area contributed by atoms with Crippen LogP contribution in [-0.4, -0.2) is 20.2 Å². The molecule has 0 saturated carbocycles. The lowest BCUT2D eigenvalue weighted by Crippen LogP contribution is -2.31. The molecule has 0 aromatic rings. The van der Waals surface area contributed by atoms with Crippen molar-refractivity contribution in [3.63, 3.8) is 0 Å². The molecule has 0 spiro atoms. The molecule has 14 heavy (non-hydrogen) atoms. The van der Waals surface area contributed by atoms with Gasteiger partial charge in [-0.2, -0.15) is 0 Å². The Morgan fingerprint density at radius 3 is 2.43 bits per heavy atom. The van der Waals surface area contributed by atoms with Crippen LogP contribution in [-0.2, 0) is 4.79 Å². The van der Waals surface area contributed by atoms with Gasteiger partial charge in [0.05, 0.1) is 6.10 Å². The summed E-state index contributed by atoms with van der Waals surface area (Å²) < 4.78 is -0.499. The fraction of sp³-hybridized carbons (Fsp3) is 0.900. The Morgan fingerprint density at radius 1 is 1.43 bits per heavy atom. The van der Waals surface area contributed by atoms with Crippen molar-refractivity contribution in [1.82, 2.24) is 0 Å². The molecule has 0 amide bonds. The van der Waals surface area contributed by atoms with Gasteiger partial charge in [0, 0.05) is 6.42 Å². The van der Waals surface area contributed by atoms with Gasteiger partial charge in [-0.25, -0.2) is 0 Å². The number of aliphatic hydroxyl groups is 1. The monoisotopic (exact) mass is 328 g/mol. The van der Waals surface area contributed by atoms with Crippen molar-refractivity contribution in [2.45, 2.75) is 55.3 Å². The lowest BCUT2D eigenvalue weighted by atomic mass is 10.1. The average Bonchev–Trinajstić information content (AvgIpc) is 2.03. The Balaban J connectivity index is 3.95. The van der Waals surface area contributed by atoms with Gasteiger partial charge >= 0.3 is 0 Å². The van der Waals surface area contributed by atoms with Gasteiger partial charge in [-0.05, 0) is 13.3 Å². The minimum Gasteiger partial charge on any atom is -0.390 e. The van der Waals surface area contributed by atoms with Crippen LogP contribution in [0.15, 0.2) is 0 Å². The van der Waals surface area contributed by atoms with Gasteiger partial charge in [0.2, 0.25) is 0 Å². The smallest absolute Gasteiger partial charge is 0.132 e. The van der Waals surface area contributed by atoms with Gasteiger partial charge in [-0.15, -0.1) is 0 Å². The van der Waals surface area contributed by atoms with E-state index in [-0.39, 0.29) is 12.2 Å². The highest BCUT2D eigenvalue weighted by molar-refractivity contribution is 9.25. The number of ketones is 1. The van der Waals surface area contributed by atoms with Gasteiger partial charge in [0.15, 0.2) is 0 Å². The second-order valence-corrected chi connectivity index (χ2v) is 7.53. The highest BCUT2D eigenvalue weighted by Crippen LogP contribution is 2.37. The van der Waals surface area contributed by atoms with Crippen LogP contribution in [0.25, 0.3) is 0 Å². The van der Waals surface area contributed by atoms with Gasteiger partial charge in [0.1, 0.15) is 9.02 Å². The number of unbranched alkanes of at least 4 members (excludes halogenated alkanes) is 2. The molecule has 84 valence electrons. The van der Waals surface area contributed by atoms with Crippen molar-refractivity contribution >= 4 is 37.6 Å². The first-order valence-corrected chi connectivity index (χ1v) is 6.54. The van der Waals surface area contributed by atoms with Gasteiger partial charge < -0.3 is 5.11 Å². The van der Waals surface area contributed by atoms with E-state index in [1.165, 1.54) is 6.92 Å². The van der Waals surface area contributed by atoms with Gasteiger partial charge in [-0.3, -0.25) is 4.79 Å². The predicted octanol–water partition coefficient (Wildman–Crippen LogP) is 3.39. The molecular weight excluding hydrogens is 312 g/mol. The zero-order chi connectivity index (χ0) is 11.2. The van der Waals surface area contributed by atoms with Gasteiger partial charge in [0.25, 0.3) is 0 Å². The molecule has 0 rings (SSSR count). The Labute approximate surface area is 103 Å². The molecule has 0 aliphatic rings. The normalized spacial score (nSPS) is 14.1. The van der Waals surface area contributed by atoms with E-state index in [9.17, 15) is 9.90 Å². The highest BCUT2D eigenvalue weighted by atomic mass is 79.9. The fourth-order valence-electron chi connectivity index (χ4n) is 1.20. The largest absolute Gasteiger partial charge is 0.390 e. The predicted molar refractivity (Wildman–Crippen MR) is 66.0 cm³/mol. The third-order valence-corrected chi connectivity index (χ3v) is 3.93. The summed E-state index contributed by atoms with van der Waals surface area (Å²) >= 11 is 6.84. The van der Waals surface area contributed by atoms with E-state index in [1.807, 2.05) is 0 Å². The maximum atomic E-state index is 10.8. The van der Waals surface area contributed by atoms with Crippen molar-refractivity contribution in [1.29, 1.82) is 0 Å². The van der Waals surface area contributed by atoms with Crippen molar-refractivity contribution in [2.75, 3.05) is 0 Å². The third-order valence-electron chi connectivity index (χ3n) is 2.08. The average molecular weight is 330 g/mol. The van der Waals surface area contributed by atoms with E-state index in [0.717, 1.165) is 25.7 Å². The summed E-state index contributed by atoms with van der Waals surface area (Å²) in [5, 5.41) is 9.73. The van der Waals surface area contributed by atoms with Crippen LogP contribution < -0.4 is 0 Å². The van der Waals surface area contributed by atoms with E-state index >= 15 is 0 Å². The van der Waals surface area contributed by atoms with Crippen molar-refractivity contribution in [3.05, 3.63) is 0 Å². The first-order valence-electron chi connectivity index (χ1n) is 4.95. The Hall–Kier alpha value is 0.590. The molecule has 0 bridgehead atoms. The fourth-order valence-corrected chi connectivity index (χ4v) is 2.08. The summed E-state index contributed by atoms with van der Waals surface area (Å²) in [4.78, 5) is 10.8. The Kier molecular flexibility index (Phi) is 7.26. The number of carbonyl (C=O) groups excluding carboxylic acids is 1. The first kappa shape index (κ1) is 14.6. The molecule has 1 N–H and O–H groups in total. The molecule has 0 heterocycles. The van der Waals surface area contributed by atoms with Crippen LogP contribution in [0.4, 0.5) is 0 Å². The maximum Gasteiger partial charge on any atom is 0.132 e. The topological polar surface area (TPSA) is 37.3 Å². The minimum atomic E-state index is -0.656. The van der Waals surface area contributed by atoms with Crippen LogP contribution in [0.2, 0.25) is 0 Å². The lowest BCUT2D eigenvalue weighted by molar-refractivity contribution is -0.118. The molecule has 4 heteroatoms. The number of hydrogen-bond acceptors (Lipinski definition) is 2. The third kappa shape index (κ3) is 6.14. The first-order chi connectivity index (χ1) is 6.40. The van der Waals surface area contributed by atoms with E-state index in [2.05, 4.69) is 38.8 Å². The van der Waals surface area contributed by atoms with Crippen LogP contribution in [0.1, 0.15) is 46.0 Å². The molecule has 2 nitrogen and oxygen atoms in total. The SMILES string of the molecule is CCCCCC(Br)(Br)C(O)CC(C)=O. The maximum absolute atomic E-state index is 10.8. The van der Waals surface area contributed by atoms with E-state index in [1.54, 1.807) is 0 Å². The quantitative estimate of drug-likeness (QED) is 0.574. The van der Waals surface area contributed by atoms with Crippen LogP contribution in [0.5, 0.6) is 0 Å². The van der Waals surface area contributed by atoms with Crippen molar-refractivity contribution in [3.8, 4) is 0 Å². The van der Waals surface area contributed by atoms with E-state index < -0.39 is 9.34 Å². The summed E-state index contributed by atoms with van der Waals surface area (Å²) in [7, 11) is 0. The van der Waals surface area contributed by atoms with E-state index in [4.69, 9.17) is 0 Å². The summed E-state index contributed by atoms with van der Waals surface area (Å²) in [6, 6.07) is 0. The Morgan fingerprint density at radius 2 is 2.00 bits per heavy atom. The number of Topliss-reactive ketones (excluding diaryl/α,β-unsaturated/α-hetero) is 1. The number of hydrogen-bond donors (Lipinski definition) is 1. The summed E-state index contributed by atoms with van der Waals surface area (Å²) in [5.41, 5.74) is 0. The number of carbonyl (C=O) groups is 1. The molecular formula is C10H18Br2O2. The Bertz CT molecular complexity index is 181. The standard InChI is InChI=1S/C10H18Br2O2/c1-3-4-5-6-10(11,12)9(14)7-8(2)13/h9,14H,3-7H2,1-2H3. The van der Waals surface area contributed by atoms with E-state index in [0.29, 0.717) is 0 Å². The van der Waals surface area contributed by atoms with Gasteiger partial charge in [-0.1, -0.05) is 58.0 Å². The molecule has 0 aliphatic carbocycles. The number of halogens is 2. The van der Waals surface area contributed by atoms with Crippen molar-refractivity contribution < 1.29 is 9.90 Å². The van der Waals surface area contributed by atoms with Crippen LogP contribution >= 0.6 is 31.9 Å². The molecule has 0 aromatic carbocycles. The molecule has 0 radical (unpaired) electrons. The molecule has 0 aromatic heterocycles. The van der Waals surface area contributed by atoms with Crippen LogP contribution in [0.3, 0.4) is 0 Å². The lowest BCUT2D eigenvalue weighted by Gasteiger charge is -2.25. The summed E-state index contributed by atoms with van der Waals surface area (Å²) in [6.45, 7) is 3.63. The number of aliphatic hydroxyl groups excluding tert-OH is 1. The zero-order valence-corrected chi connectivity index (χ0v) is 11.9. The minimum absolute atomic E-state index is 0.0104. The second kappa shape index (κ2) is 6.96. The van der Waals surface area contributed by atoms with Crippen molar-refractivity contribution in [2.24, 2.45) is 0 Å². The molecule has 1 atom stereocenters. The summed E-state index contributed by atoms with van der Waals surface area (Å²) in [6.07, 6.45) is 3.71. The second-order valence-electron chi connectivity index (χ2n) is 3.64.